The molecule has 0 amide bonds. The van der Waals surface area contributed by atoms with Gasteiger partial charge < -0.3 is 14.4 Å². The molecule has 1 fully saturated rings. The van der Waals surface area contributed by atoms with Crippen molar-refractivity contribution in [2.45, 2.75) is 77.4 Å². The number of ether oxygens (including phenoxy) is 2. The van der Waals surface area contributed by atoms with Gasteiger partial charge in [0, 0.05) is 17.0 Å². The van der Waals surface area contributed by atoms with Crippen LogP contribution < -0.4 is 9.64 Å². The molecule has 1 N–H and O–H groups in total. The molecule has 2 aromatic carbocycles. The van der Waals surface area contributed by atoms with Gasteiger partial charge in [-0.25, -0.2) is 0 Å². The summed E-state index contributed by atoms with van der Waals surface area (Å²) in [4.78, 5) is 1.48. The highest BCUT2D eigenvalue weighted by Crippen LogP contribution is 2.52. The maximum absolute atomic E-state index is 6.74. The van der Waals surface area contributed by atoms with Gasteiger partial charge in [-0.2, -0.15) is 0 Å². The molecule has 164 valence electrons. The molecule has 0 aromatic heterocycles. The van der Waals surface area contributed by atoms with Gasteiger partial charge in [-0.1, -0.05) is 54.5 Å². The lowest BCUT2D eigenvalue weighted by Crippen LogP contribution is -3.13. The van der Waals surface area contributed by atoms with Crippen LogP contribution in [0.5, 0.6) is 5.75 Å². The molecule has 1 saturated heterocycles. The Balaban J connectivity index is 1.50. The van der Waals surface area contributed by atoms with E-state index >= 15 is 0 Å². The van der Waals surface area contributed by atoms with E-state index in [9.17, 15) is 0 Å². The van der Waals surface area contributed by atoms with Crippen LogP contribution in [0.1, 0.15) is 64.7 Å². The highest BCUT2D eigenvalue weighted by Gasteiger charge is 2.49. The molecule has 2 aliphatic rings. The van der Waals surface area contributed by atoms with Crippen LogP contribution in [0.3, 0.4) is 0 Å². The van der Waals surface area contributed by atoms with Crippen molar-refractivity contribution < 1.29 is 14.4 Å². The van der Waals surface area contributed by atoms with Crippen LogP contribution in [0.25, 0.3) is 0 Å². The summed E-state index contributed by atoms with van der Waals surface area (Å²) in [6.45, 7) is 12.9. The van der Waals surface area contributed by atoms with Crippen molar-refractivity contribution >= 4 is 0 Å². The summed E-state index contributed by atoms with van der Waals surface area (Å²) in [5.41, 5.74) is 1.87. The van der Waals surface area contributed by atoms with Gasteiger partial charge in [0.15, 0.2) is 0 Å². The first-order valence-electron chi connectivity index (χ1n) is 11.6. The van der Waals surface area contributed by atoms with Crippen molar-refractivity contribution in [1.29, 1.82) is 0 Å². The Labute approximate surface area is 187 Å². The van der Waals surface area contributed by atoms with E-state index in [0.717, 1.165) is 37.2 Å². The van der Waals surface area contributed by atoms with Gasteiger partial charge in [-0.05, 0) is 59.4 Å². The molecule has 2 aliphatic heterocycles. The molecule has 4 atom stereocenters. The van der Waals surface area contributed by atoms with E-state index < -0.39 is 5.60 Å². The third-order valence-electron chi connectivity index (χ3n) is 6.94. The second-order valence-electron chi connectivity index (χ2n) is 10.1. The monoisotopic (exact) mass is 418 g/mol. The number of quaternary nitrogens is 1. The Kier molecular flexibility index (Phi) is 6.15. The second-order valence-corrected chi connectivity index (χ2v) is 10.1. The molecule has 3 nitrogen and oxygen atoms in total. The lowest BCUT2D eigenvalue weighted by Gasteiger charge is -2.50. The smallest absolute Gasteiger partial charge is 0.139 e. The number of hydrogen-bond donors (Lipinski definition) is 1. The highest BCUT2D eigenvalue weighted by atomic mass is 16.5. The van der Waals surface area contributed by atoms with E-state index in [2.05, 4.69) is 95.0 Å². The van der Waals surface area contributed by atoms with E-state index in [4.69, 9.17) is 9.47 Å². The Morgan fingerprint density at radius 3 is 2.48 bits per heavy atom. The lowest BCUT2D eigenvalue weighted by atomic mass is 9.73. The first-order valence-corrected chi connectivity index (χ1v) is 11.6. The average Bonchev–Trinajstić information content (AvgIpc) is 2.73. The molecule has 0 bridgehead atoms. The predicted octanol–water partition coefficient (Wildman–Crippen LogP) is 4.58. The Hall–Kier alpha value is -2.28. The Bertz CT molecular complexity index is 956. The number of fused-ring (bicyclic) bond motifs is 3. The topological polar surface area (TPSA) is 22.9 Å². The molecule has 2 heterocycles. The number of rotatable bonds is 4. The summed E-state index contributed by atoms with van der Waals surface area (Å²) < 4.78 is 13.1. The largest absolute Gasteiger partial charge is 0.487 e. The van der Waals surface area contributed by atoms with Crippen LogP contribution in [-0.2, 0) is 11.3 Å². The lowest BCUT2D eigenvalue weighted by molar-refractivity contribution is -0.928. The third-order valence-corrected chi connectivity index (χ3v) is 6.94. The average molecular weight is 419 g/mol. The van der Waals surface area contributed by atoms with Gasteiger partial charge in [0.2, 0.25) is 0 Å². The normalized spacial score (nSPS) is 27.3. The standard InChI is InChI=1S/C28H35NO2/c1-21(2)29(20-22-12-7-6-8-13-22)19-11-17-28(5)18-16-24-26(31-28)23-14-9-10-15-25(23)30-27(24,3)4/h6-10,12-15,21,24,26H,16,18-20H2,1-5H3/p+1/t24-,26-,28+/m0/s1. The maximum Gasteiger partial charge on any atom is 0.139 e. The molecular weight excluding hydrogens is 382 g/mol. The number of para-hydroxylation sites is 1. The van der Waals surface area contributed by atoms with Crippen LogP contribution in [0, 0.1) is 17.8 Å². The van der Waals surface area contributed by atoms with Crippen molar-refractivity contribution in [2.24, 2.45) is 5.92 Å². The van der Waals surface area contributed by atoms with Crippen LogP contribution in [0.4, 0.5) is 0 Å². The zero-order valence-electron chi connectivity index (χ0n) is 19.6. The van der Waals surface area contributed by atoms with Gasteiger partial charge in [0.1, 0.15) is 30.0 Å². The second kappa shape index (κ2) is 8.69. The van der Waals surface area contributed by atoms with Gasteiger partial charge in [0.05, 0.1) is 12.1 Å². The number of hydrogen-bond acceptors (Lipinski definition) is 2. The molecular formula is C28H36NO2+. The van der Waals surface area contributed by atoms with Crippen LogP contribution >= 0.6 is 0 Å². The van der Waals surface area contributed by atoms with Gasteiger partial charge in [0.25, 0.3) is 0 Å². The zero-order chi connectivity index (χ0) is 22.1. The van der Waals surface area contributed by atoms with Crippen molar-refractivity contribution in [3.05, 3.63) is 65.7 Å². The fourth-order valence-corrected chi connectivity index (χ4v) is 4.93. The fourth-order valence-electron chi connectivity index (χ4n) is 4.93. The van der Waals surface area contributed by atoms with Crippen molar-refractivity contribution in [2.75, 3.05) is 6.54 Å². The van der Waals surface area contributed by atoms with Crippen molar-refractivity contribution in [3.8, 4) is 17.6 Å². The Morgan fingerprint density at radius 2 is 1.74 bits per heavy atom. The van der Waals surface area contributed by atoms with Gasteiger partial charge in [-0.3, -0.25) is 0 Å². The SMILES string of the molecule is CC(C)[NH+](CC#C[C@]1(C)CC[C@H]2[C@@H](O1)c1ccccc1OC2(C)C)Cc1ccccc1. The predicted molar refractivity (Wildman–Crippen MR) is 125 cm³/mol. The maximum atomic E-state index is 6.74. The third kappa shape index (κ3) is 4.81. The summed E-state index contributed by atoms with van der Waals surface area (Å²) in [6, 6.07) is 19.5. The fraction of sp³-hybridized carbons (Fsp3) is 0.500. The molecule has 4 rings (SSSR count). The zero-order valence-corrected chi connectivity index (χ0v) is 19.6. The quantitative estimate of drug-likeness (QED) is 0.735. The minimum Gasteiger partial charge on any atom is -0.487 e. The van der Waals surface area contributed by atoms with Crippen LogP contribution in [0.15, 0.2) is 54.6 Å². The summed E-state index contributed by atoms with van der Waals surface area (Å²) in [5, 5.41) is 0. The first-order chi connectivity index (χ1) is 14.8. The summed E-state index contributed by atoms with van der Waals surface area (Å²) >= 11 is 0. The van der Waals surface area contributed by atoms with Crippen LogP contribution in [-0.4, -0.2) is 23.8 Å². The minimum absolute atomic E-state index is 0.0332. The molecule has 0 saturated carbocycles. The van der Waals surface area contributed by atoms with E-state index in [1.807, 2.05) is 6.07 Å². The summed E-state index contributed by atoms with van der Waals surface area (Å²) in [7, 11) is 0. The van der Waals surface area contributed by atoms with E-state index in [0.29, 0.717) is 12.0 Å². The molecule has 1 unspecified atom stereocenters. The van der Waals surface area contributed by atoms with Crippen LogP contribution in [0.2, 0.25) is 0 Å². The molecule has 3 heteroatoms. The molecule has 0 radical (unpaired) electrons. The number of nitrogens with one attached hydrogen (secondary N) is 1. The molecule has 31 heavy (non-hydrogen) atoms. The first kappa shape index (κ1) is 21.9. The van der Waals surface area contributed by atoms with E-state index in [1.165, 1.54) is 10.5 Å². The van der Waals surface area contributed by atoms with Crippen molar-refractivity contribution in [3.63, 3.8) is 0 Å². The highest BCUT2D eigenvalue weighted by molar-refractivity contribution is 5.39. The van der Waals surface area contributed by atoms with Gasteiger partial charge >= 0.3 is 0 Å². The minimum atomic E-state index is -0.420. The molecule has 0 spiro atoms. The summed E-state index contributed by atoms with van der Waals surface area (Å²) in [5.74, 6) is 8.31. The van der Waals surface area contributed by atoms with E-state index in [-0.39, 0.29) is 11.7 Å². The van der Waals surface area contributed by atoms with Gasteiger partial charge in [-0.15, -0.1) is 0 Å². The van der Waals surface area contributed by atoms with E-state index in [1.54, 1.807) is 0 Å². The number of benzene rings is 2. The van der Waals surface area contributed by atoms with Crippen molar-refractivity contribution in [1.82, 2.24) is 0 Å². The molecule has 0 aliphatic carbocycles. The summed E-state index contributed by atoms with van der Waals surface area (Å²) in [6.07, 6.45) is 2.03. The molecule has 2 aromatic rings. The Morgan fingerprint density at radius 1 is 1.03 bits per heavy atom.